The van der Waals surface area contributed by atoms with Gasteiger partial charge in [0.15, 0.2) is 4.34 Å². The summed E-state index contributed by atoms with van der Waals surface area (Å²) in [5.74, 6) is 0.326. The highest BCUT2D eigenvalue weighted by atomic mass is 32.2. The smallest absolute Gasteiger partial charge is 0.347 e. The average molecular weight is 438 g/mol. The second-order valence-electron chi connectivity index (χ2n) is 5.48. The molecule has 0 radical (unpaired) electrons. The van der Waals surface area contributed by atoms with Gasteiger partial charge in [-0.2, -0.15) is 24.9 Å². The van der Waals surface area contributed by atoms with Crippen LogP contribution in [0.5, 0.6) is 0 Å². The topological polar surface area (TPSA) is 71.1 Å². The molecule has 148 valence electrons. The van der Waals surface area contributed by atoms with E-state index in [-0.39, 0.29) is 11.7 Å². The fraction of sp³-hybridized carbons (Fsp3) is 0.438. The molecule has 2 N–H and O–H groups in total. The van der Waals surface area contributed by atoms with E-state index >= 15 is 0 Å². The molecule has 1 atom stereocenters. The number of carbonyl (C=O) groups excluding carboxylic acids is 2. The van der Waals surface area contributed by atoms with Crippen LogP contribution in [0.4, 0.5) is 18.9 Å². The maximum Gasteiger partial charge on any atom is 0.389 e. The summed E-state index contributed by atoms with van der Waals surface area (Å²) in [5.41, 5.74) is 1.21. The van der Waals surface area contributed by atoms with E-state index in [0.717, 1.165) is 22.2 Å². The van der Waals surface area contributed by atoms with E-state index in [9.17, 15) is 22.8 Å². The van der Waals surface area contributed by atoms with E-state index in [1.165, 1.54) is 11.3 Å². The van der Waals surface area contributed by atoms with Crippen LogP contribution in [-0.2, 0) is 9.59 Å². The van der Waals surface area contributed by atoms with Crippen molar-refractivity contribution in [3.63, 3.8) is 0 Å². The number of benzene rings is 1. The van der Waals surface area contributed by atoms with Gasteiger partial charge in [0.1, 0.15) is 6.04 Å². The minimum atomic E-state index is -4.18. The molecule has 5 nitrogen and oxygen atoms in total. The molecule has 0 aliphatic carbocycles. The van der Waals surface area contributed by atoms with Gasteiger partial charge in [-0.05, 0) is 36.6 Å². The third-order valence-electron chi connectivity index (χ3n) is 3.44. The van der Waals surface area contributed by atoms with Crippen molar-refractivity contribution in [2.45, 2.75) is 29.4 Å². The zero-order chi connectivity index (χ0) is 19.9. The number of nitrogens with zero attached hydrogens (tertiary/aromatic N) is 1. The van der Waals surface area contributed by atoms with Crippen LogP contribution >= 0.6 is 34.9 Å². The summed E-state index contributed by atoms with van der Waals surface area (Å²) >= 11 is 3.92. The van der Waals surface area contributed by atoms with E-state index in [1.807, 2.05) is 6.26 Å². The highest BCUT2D eigenvalue weighted by Crippen LogP contribution is 2.33. The molecule has 0 aliphatic rings. The molecule has 1 aromatic carbocycles. The van der Waals surface area contributed by atoms with Crippen molar-refractivity contribution >= 4 is 63.1 Å². The van der Waals surface area contributed by atoms with Crippen LogP contribution in [0.3, 0.4) is 0 Å². The lowest BCUT2D eigenvalue weighted by atomic mass is 10.2. The molecule has 2 rings (SSSR count). The first-order valence-corrected chi connectivity index (χ1v) is 11.1. The Kier molecular flexibility index (Phi) is 8.24. The number of thioether (sulfide) groups is 2. The number of aromatic nitrogens is 1. The molecule has 2 amide bonds. The van der Waals surface area contributed by atoms with Crippen LogP contribution in [0, 0.1) is 0 Å². The van der Waals surface area contributed by atoms with Crippen LogP contribution in [-0.4, -0.2) is 47.3 Å². The van der Waals surface area contributed by atoms with E-state index < -0.39 is 18.6 Å². The Bertz CT molecular complexity index is 783. The summed E-state index contributed by atoms with van der Waals surface area (Å²) < 4.78 is 38.0. The number of fused-ring (bicyclic) bond motifs is 1. The van der Waals surface area contributed by atoms with Gasteiger partial charge >= 0.3 is 6.18 Å². The molecule has 1 aromatic heterocycles. The largest absolute Gasteiger partial charge is 0.389 e. The minimum Gasteiger partial charge on any atom is -0.347 e. The Morgan fingerprint density at radius 2 is 2.15 bits per heavy atom. The van der Waals surface area contributed by atoms with Crippen LogP contribution in [0.2, 0.25) is 0 Å². The number of anilines is 1. The predicted octanol–water partition coefficient (Wildman–Crippen LogP) is 4.15. The molecule has 1 unspecified atom stereocenters. The van der Waals surface area contributed by atoms with Crippen molar-refractivity contribution in [1.29, 1.82) is 0 Å². The number of carbonyl (C=O) groups is 2. The standard InChI is InChI=1S/C16H18F3N3O2S3/c1-25-6-4-12(20-9-23)14(24)21-10-2-3-11-13(8-10)27-15(22-11)26-7-5-16(17,18)19/h2-3,8-9,12H,4-7H2,1H3,(H,20,23)(H,21,24). The number of halogens is 3. The second-order valence-corrected chi connectivity index (χ2v) is 8.84. The highest BCUT2D eigenvalue weighted by Gasteiger charge is 2.26. The molecule has 0 aliphatic heterocycles. The van der Waals surface area contributed by atoms with E-state index in [4.69, 9.17) is 0 Å². The van der Waals surface area contributed by atoms with E-state index in [2.05, 4.69) is 15.6 Å². The molecule has 0 spiro atoms. The molecule has 2 aromatic rings. The van der Waals surface area contributed by atoms with Crippen molar-refractivity contribution in [2.24, 2.45) is 0 Å². The third-order valence-corrected chi connectivity index (χ3v) is 6.25. The monoisotopic (exact) mass is 437 g/mol. The number of rotatable bonds is 10. The average Bonchev–Trinajstić information content (AvgIpc) is 2.99. The van der Waals surface area contributed by atoms with E-state index in [0.29, 0.717) is 28.4 Å². The summed E-state index contributed by atoms with van der Waals surface area (Å²) in [6, 6.07) is 4.49. The van der Waals surface area contributed by atoms with Crippen LogP contribution < -0.4 is 10.6 Å². The number of hydrogen-bond acceptors (Lipinski definition) is 6. The molecule has 0 bridgehead atoms. The maximum atomic E-state index is 12.3. The molecule has 1 heterocycles. The van der Waals surface area contributed by atoms with Crippen LogP contribution in [0.15, 0.2) is 22.5 Å². The van der Waals surface area contributed by atoms with Gasteiger partial charge in [0.2, 0.25) is 12.3 Å². The summed E-state index contributed by atoms with van der Waals surface area (Å²) in [6.45, 7) is 0. The maximum absolute atomic E-state index is 12.3. The first-order valence-electron chi connectivity index (χ1n) is 7.92. The van der Waals surface area contributed by atoms with Gasteiger partial charge in [0, 0.05) is 11.4 Å². The van der Waals surface area contributed by atoms with Crippen molar-refractivity contribution in [3.8, 4) is 0 Å². The lowest BCUT2D eigenvalue weighted by Crippen LogP contribution is -2.40. The zero-order valence-electron chi connectivity index (χ0n) is 14.3. The number of hydrogen-bond donors (Lipinski definition) is 2. The Hall–Kier alpha value is -1.46. The molecular formula is C16H18F3N3O2S3. The van der Waals surface area contributed by atoms with Crippen molar-refractivity contribution < 1.29 is 22.8 Å². The third kappa shape index (κ3) is 7.23. The van der Waals surface area contributed by atoms with Gasteiger partial charge in [-0.25, -0.2) is 4.98 Å². The molecule has 0 fully saturated rings. The molecule has 11 heteroatoms. The van der Waals surface area contributed by atoms with Gasteiger partial charge in [-0.1, -0.05) is 11.8 Å². The van der Waals surface area contributed by atoms with Crippen LogP contribution in [0.1, 0.15) is 12.8 Å². The van der Waals surface area contributed by atoms with Gasteiger partial charge in [-0.3, -0.25) is 9.59 Å². The van der Waals surface area contributed by atoms with Crippen molar-refractivity contribution in [1.82, 2.24) is 10.3 Å². The molecule has 27 heavy (non-hydrogen) atoms. The van der Waals surface area contributed by atoms with Crippen molar-refractivity contribution in [2.75, 3.05) is 23.1 Å². The SMILES string of the molecule is CSCCC(NC=O)C(=O)Nc1ccc2nc(SCCC(F)(F)F)sc2c1. The van der Waals surface area contributed by atoms with Gasteiger partial charge in [0.05, 0.1) is 16.6 Å². The first kappa shape index (κ1) is 21.8. The van der Waals surface area contributed by atoms with Crippen molar-refractivity contribution in [3.05, 3.63) is 18.2 Å². The first-order chi connectivity index (χ1) is 12.8. The summed E-state index contributed by atoms with van der Waals surface area (Å²) in [6.07, 6.45) is -2.12. The Balaban J connectivity index is 2.02. The summed E-state index contributed by atoms with van der Waals surface area (Å²) in [4.78, 5) is 27.3. The minimum absolute atomic E-state index is 0.0819. The van der Waals surface area contributed by atoms with E-state index in [1.54, 1.807) is 30.0 Å². The quantitative estimate of drug-likeness (QED) is 0.432. The lowest BCUT2D eigenvalue weighted by Gasteiger charge is -2.15. The Morgan fingerprint density at radius 3 is 2.81 bits per heavy atom. The Labute approximate surface area is 166 Å². The number of nitrogens with one attached hydrogen (secondary N) is 2. The second kappa shape index (κ2) is 10.2. The van der Waals surface area contributed by atoms with Crippen LogP contribution in [0.25, 0.3) is 10.2 Å². The predicted molar refractivity (Wildman–Crippen MR) is 106 cm³/mol. The van der Waals surface area contributed by atoms with Gasteiger partial charge < -0.3 is 10.6 Å². The van der Waals surface area contributed by atoms with Gasteiger partial charge in [-0.15, -0.1) is 11.3 Å². The highest BCUT2D eigenvalue weighted by molar-refractivity contribution is 8.01. The zero-order valence-corrected chi connectivity index (χ0v) is 16.8. The van der Waals surface area contributed by atoms with Gasteiger partial charge in [0.25, 0.3) is 0 Å². The normalized spacial score (nSPS) is 12.7. The fourth-order valence-electron chi connectivity index (χ4n) is 2.13. The summed E-state index contributed by atoms with van der Waals surface area (Å²) in [7, 11) is 0. The molecule has 0 saturated carbocycles. The fourth-order valence-corrected chi connectivity index (χ4v) is 4.77. The Morgan fingerprint density at radius 1 is 1.37 bits per heavy atom. The number of alkyl halides is 3. The summed E-state index contributed by atoms with van der Waals surface area (Å²) in [5, 5.41) is 5.26. The number of thiazole rings is 1. The number of amides is 2. The lowest BCUT2D eigenvalue weighted by molar-refractivity contribution is -0.129. The molecular weight excluding hydrogens is 419 g/mol. The molecule has 0 saturated heterocycles.